The summed E-state index contributed by atoms with van der Waals surface area (Å²) in [4.78, 5) is 4.09. The van der Waals surface area contributed by atoms with E-state index in [0.29, 0.717) is 11.7 Å². The van der Waals surface area contributed by atoms with Gasteiger partial charge in [0.15, 0.2) is 0 Å². The third-order valence-electron chi connectivity index (χ3n) is 3.59. The number of nitrogens with two attached hydrogens (primary N) is 1. The van der Waals surface area contributed by atoms with Gasteiger partial charge in [0, 0.05) is 6.20 Å². The van der Waals surface area contributed by atoms with Crippen molar-refractivity contribution in [3.63, 3.8) is 0 Å². The monoisotopic (exact) mass is 248 g/mol. The SMILES string of the molecule is CCCCCCC(CCCC)c1ccnc(N)c1. The van der Waals surface area contributed by atoms with E-state index in [1.807, 2.05) is 6.20 Å². The zero-order valence-electron chi connectivity index (χ0n) is 12.0. The molecule has 0 aromatic carbocycles. The summed E-state index contributed by atoms with van der Waals surface area (Å²) in [5.74, 6) is 1.33. The summed E-state index contributed by atoms with van der Waals surface area (Å²) in [6, 6.07) is 4.19. The lowest BCUT2D eigenvalue weighted by Crippen LogP contribution is -2.01. The number of aromatic nitrogens is 1. The molecule has 0 radical (unpaired) electrons. The van der Waals surface area contributed by atoms with Crippen molar-refractivity contribution in [2.24, 2.45) is 0 Å². The zero-order valence-corrected chi connectivity index (χ0v) is 12.0. The lowest BCUT2D eigenvalue weighted by molar-refractivity contribution is 0.508. The van der Waals surface area contributed by atoms with Gasteiger partial charge in [0.1, 0.15) is 5.82 Å². The second-order valence-electron chi connectivity index (χ2n) is 5.20. The normalized spacial score (nSPS) is 12.6. The largest absolute Gasteiger partial charge is 0.384 e. The number of pyridine rings is 1. The first-order valence-electron chi connectivity index (χ1n) is 7.49. The molecule has 0 aliphatic heterocycles. The highest BCUT2D eigenvalue weighted by Crippen LogP contribution is 2.28. The summed E-state index contributed by atoms with van der Waals surface area (Å²) in [5.41, 5.74) is 7.17. The van der Waals surface area contributed by atoms with Gasteiger partial charge < -0.3 is 5.73 Å². The number of hydrogen-bond donors (Lipinski definition) is 1. The molecule has 1 atom stereocenters. The number of nitrogens with zero attached hydrogens (tertiary/aromatic N) is 1. The molecule has 0 fully saturated rings. The molecule has 1 aromatic rings. The molecule has 102 valence electrons. The van der Waals surface area contributed by atoms with E-state index in [1.54, 1.807) is 0 Å². The van der Waals surface area contributed by atoms with Crippen LogP contribution in [0.1, 0.15) is 76.7 Å². The Labute approximate surface area is 112 Å². The van der Waals surface area contributed by atoms with Gasteiger partial charge in [-0.15, -0.1) is 0 Å². The highest BCUT2D eigenvalue weighted by atomic mass is 14.8. The first-order valence-corrected chi connectivity index (χ1v) is 7.49. The first kappa shape index (κ1) is 15.0. The molecule has 2 heteroatoms. The molecule has 2 nitrogen and oxygen atoms in total. The van der Waals surface area contributed by atoms with E-state index in [2.05, 4.69) is 31.0 Å². The van der Waals surface area contributed by atoms with E-state index >= 15 is 0 Å². The van der Waals surface area contributed by atoms with Crippen molar-refractivity contribution in [1.82, 2.24) is 4.98 Å². The van der Waals surface area contributed by atoms with Crippen LogP contribution in [0.15, 0.2) is 18.3 Å². The first-order chi connectivity index (χ1) is 8.77. The molecular weight excluding hydrogens is 220 g/mol. The van der Waals surface area contributed by atoms with Crippen LogP contribution < -0.4 is 5.73 Å². The van der Waals surface area contributed by atoms with Crippen LogP contribution in [-0.4, -0.2) is 4.98 Å². The minimum Gasteiger partial charge on any atom is -0.384 e. The summed E-state index contributed by atoms with van der Waals surface area (Å²) >= 11 is 0. The minimum atomic E-state index is 0.655. The molecule has 0 amide bonds. The lowest BCUT2D eigenvalue weighted by Gasteiger charge is -2.17. The molecule has 1 unspecified atom stereocenters. The van der Waals surface area contributed by atoms with Crippen LogP contribution in [0.5, 0.6) is 0 Å². The molecule has 0 bridgehead atoms. The smallest absolute Gasteiger partial charge is 0.123 e. The average molecular weight is 248 g/mol. The van der Waals surface area contributed by atoms with E-state index in [4.69, 9.17) is 5.73 Å². The van der Waals surface area contributed by atoms with Gasteiger partial charge in [-0.05, 0) is 36.5 Å². The number of nitrogen functional groups attached to an aromatic ring is 1. The van der Waals surface area contributed by atoms with Crippen molar-refractivity contribution in [1.29, 1.82) is 0 Å². The molecule has 0 saturated carbocycles. The van der Waals surface area contributed by atoms with Gasteiger partial charge in [0.05, 0.1) is 0 Å². The maximum atomic E-state index is 5.79. The van der Waals surface area contributed by atoms with Crippen LogP contribution in [0.3, 0.4) is 0 Å². The molecule has 0 saturated heterocycles. The molecule has 1 heterocycles. The lowest BCUT2D eigenvalue weighted by atomic mass is 9.89. The van der Waals surface area contributed by atoms with E-state index in [9.17, 15) is 0 Å². The van der Waals surface area contributed by atoms with Crippen LogP contribution in [0, 0.1) is 0 Å². The van der Waals surface area contributed by atoms with Gasteiger partial charge in [-0.1, -0.05) is 52.4 Å². The van der Waals surface area contributed by atoms with E-state index in [1.165, 1.54) is 56.9 Å². The maximum absolute atomic E-state index is 5.79. The van der Waals surface area contributed by atoms with Gasteiger partial charge in [-0.3, -0.25) is 0 Å². The van der Waals surface area contributed by atoms with E-state index < -0.39 is 0 Å². The summed E-state index contributed by atoms with van der Waals surface area (Å²) in [7, 11) is 0. The molecule has 18 heavy (non-hydrogen) atoms. The van der Waals surface area contributed by atoms with Gasteiger partial charge in [0.25, 0.3) is 0 Å². The van der Waals surface area contributed by atoms with Gasteiger partial charge in [0.2, 0.25) is 0 Å². The van der Waals surface area contributed by atoms with Crippen molar-refractivity contribution < 1.29 is 0 Å². The highest BCUT2D eigenvalue weighted by Gasteiger charge is 2.11. The Bertz CT molecular complexity index is 323. The number of rotatable bonds is 9. The Morgan fingerprint density at radius 3 is 2.44 bits per heavy atom. The summed E-state index contributed by atoms with van der Waals surface area (Å²) in [6.45, 7) is 4.52. The Kier molecular flexibility index (Phi) is 7.47. The second kappa shape index (κ2) is 8.96. The van der Waals surface area contributed by atoms with Crippen LogP contribution >= 0.6 is 0 Å². The molecule has 0 aliphatic carbocycles. The summed E-state index contributed by atoms with van der Waals surface area (Å²) < 4.78 is 0. The number of hydrogen-bond acceptors (Lipinski definition) is 2. The Balaban J connectivity index is 2.54. The quantitative estimate of drug-likeness (QED) is 0.631. The Hall–Kier alpha value is -1.05. The fourth-order valence-electron chi connectivity index (χ4n) is 2.47. The third-order valence-corrected chi connectivity index (χ3v) is 3.59. The predicted octanol–water partition coefficient (Wildman–Crippen LogP) is 4.91. The van der Waals surface area contributed by atoms with Crippen LogP contribution in [0.2, 0.25) is 0 Å². The summed E-state index contributed by atoms with van der Waals surface area (Å²) in [5, 5.41) is 0. The van der Waals surface area contributed by atoms with Crippen molar-refractivity contribution in [3.8, 4) is 0 Å². The standard InChI is InChI=1S/C16H28N2/c1-3-5-7-8-10-14(9-6-4-2)15-11-12-18-16(17)13-15/h11-14H,3-10H2,1-2H3,(H2,17,18). The van der Waals surface area contributed by atoms with Gasteiger partial charge >= 0.3 is 0 Å². The number of anilines is 1. The van der Waals surface area contributed by atoms with Crippen molar-refractivity contribution in [2.45, 2.75) is 71.1 Å². The minimum absolute atomic E-state index is 0.655. The van der Waals surface area contributed by atoms with E-state index in [-0.39, 0.29) is 0 Å². The van der Waals surface area contributed by atoms with E-state index in [0.717, 1.165) is 0 Å². The van der Waals surface area contributed by atoms with Crippen molar-refractivity contribution >= 4 is 5.82 Å². The Morgan fingerprint density at radius 1 is 1.06 bits per heavy atom. The average Bonchev–Trinajstić information content (AvgIpc) is 2.38. The third kappa shape index (κ3) is 5.52. The highest BCUT2D eigenvalue weighted by molar-refractivity contribution is 5.33. The maximum Gasteiger partial charge on any atom is 0.123 e. The molecule has 1 aromatic heterocycles. The van der Waals surface area contributed by atoms with Crippen LogP contribution in [0.25, 0.3) is 0 Å². The fourth-order valence-corrected chi connectivity index (χ4v) is 2.47. The molecule has 1 rings (SSSR count). The Morgan fingerprint density at radius 2 is 1.78 bits per heavy atom. The number of unbranched alkanes of at least 4 members (excludes halogenated alkanes) is 4. The summed E-state index contributed by atoms with van der Waals surface area (Å²) in [6.07, 6.45) is 12.4. The zero-order chi connectivity index (χ0) is 13.2. The van der Waals surface area contributed by atoms with Gasteiger partial charge in [-0.2, -0.15) is 0 Å². The molecule has 2 N–H and O–H groups in total. The molecule has 0 aliphatic rings. The van der Waals surface area contributed by atoms with Crippen LogP contribution in [-0.2, 0) is 0 Å². The molecule has 0 spiro atoms. The molecular formula is C16H28N2. The fraction of sp³-hybridized carbons (Fsp3) is 0.688. The predicted molar refractivity (Wildman–Crippen MR) is 79.7 cm³/mol. The van der Waals surface area contributed by atoms with Crippen molar-refractivity contribution in [3.05, 3.63) is 23.9 Å². The second-order valence-corrected chi connectivity index (χ2v) is 5.20. The van der Waals surface area contributed by atoms with Crippen LogP contribution in [0.4, 0.5) is 5.82 Å². The topological polar surface area (TPSA) is 38.9 Å². The van der Waals surface area contributed by atoms with Crippen molar-refractivity contribution in [2.75, 3.05) is 5.73 Å². The van der Waals surface area contributed by atoms with Gasteiger partial charge in [-0.25, -0.2) is 4.98 Å².